The molecule has 9 heteroatoms. The van der Waals surface area contributed by atoms with Gasteiger partial charge in [-0.25, -0.2) is 0 Å². The van der Waals surface area contributed by atoms with Crippen molar-refractivity contribution in [3.8, 4) is 11.5 Å². The van der Waals surface area contributed by atoms with Gasteiger partial charge in [0.15, 0.2) is 11.5 Å². The van der Waals surface area contributed by atoms with E-state index >= 15 is 0 Å². The number of benzene rings is 1. The molecule has 160 valence electrons. The monoisotopic (exact) mass is 409 g/mol. The second-order valence-corrected chi connectivity index (χ2v) is 6.65. The van der Waals surface area contributed by atoms with Gasteiger partial charge < -0.3 is 24.7 Å². The zero-order valence-electron chi connectivity index (χ0n) is 17.3. The van der Waals surface area contributed by atoms with E-state index in [1.165, 1.54) is 33.1 Å². The van der Waals surface area contributed by atoms with Gasteiger partial charge in [-0.2, -0.15) is 0 Å². The Hall–Kier alpha value is -2.94. The summed E-state index contributed by atoms with van der Waals surface area (Å²) < 4.78 is 20.2. The summed E-state index contributed by atoms with van der Waals surface area (Å²) in [4.78, 5) is 46.5. The van der Waals surface area contributed by atoms with E-state index in [0.29, 0.717) is 5.56 Å². The van der Waals surface area contributed by atoms with Gasteiger partial charge in [-0.15, -0.1) is 0 Å². The van der Waals surface area contributed by atoms with Gasteiger partial charge in [0.2, 0.25) is 0 Å². The molecule has 0 amide bonds. The minimum atomic E-state index is -1.50. The first-order chi connectivity index (χ1) is 13.5. The summed E-state index contributed by atoms with van der Waals surface area (Å²) in [6, 6.07) is 4.47. The highest BCUT2D eigenvalue weighted by Crippen LogP contribution is 2.31. The lowest BCUT2D eigenvalue weighted by molar-refractivity contribution is -0.154. The van der Waals surface area contributed by atoms with Gasteiger partial charge in [-0.05, 0) is 24.6 Å². The van der Waals surface area contributed by atoms with Crippen molar-refractivity contribution in [3.05, 3.63) is 23.8 Å². The van der Waals surface area contributed by atoms with E-state index in [4.69, 9.17) is 24.7 Å². The Morgan fingerprint density at radius 3 is 2.17 bits per heavy atom. The van der Waals surface area contributed by atoms with E-state index in [1.54, 1.807) is 19.9 Å². The molecule has 9 nitrogen and oxygen atoms in total. The van der Waals surface area contributed by atoms with Gasteiger partial charge in [0.05, 0.1) is 7.11 Å². The second kappa shape index (κ2) is 10.6. The Labute approximate surface area is 169 Å². The Morgan fingerprint density at radius 2 is 1.66 bits per heavy atom. The molecule has 29 heavy (non-hydrogen) atoms. The van der Waals surface area contributed by atoms with Gasteiger partial charge in [0.25, 0.3) is 0 Å². The van der Waals surface area contributed by atoms with Crippen LogP contribution in [0.5, 0.6) is 11.5 Å². The lowest BCUT2D eigenvalue weighted by Gasteiger charge is -2.29. The molecular weight excluding hydrogens is 382 g/mol. The van der Waals surface area contributed by atoms with Gasteiger partial charge in [-0.3, -0.25) is 19.2 Å². The molecule has 1 aromatic rings. The fourth-order valence-corrected chi connectivity index (χ4v) is 2.79. The lowest BCUT2D eigenvalue weighted by atomic mass is 9.86. The van der Waals surface area contributed by atoms with E-state index < -0.39 is 35.5 Å². The number of nitrogens with two attached hydrogens (primary N) is 1. The molecule has 0 aliphatic heterocycles. The van der Waals surface area contributed by atoms with Crippen molar-refractivity contribution < 1.29 is 38.1 Å². The molecule has 0 saturated carbocycles. The van der Waals surface area contributed by atoms with Crippen LogP contribution in [0.4, 0.5) is 0 Å². The number of esters is 4. The number of carbonyl (C=O) groups excluding carboxylic acids is 4. The molecule has 1 rings (SSSR count). The Kier molecular flexibility index (Phi) is 8.78. The molecule has 2 N–H and O–H groups in total. The van der Waals surface area contributed by atoms with Crippen LogP contribution in [0, 0.1) is 0 Å². The van der Waals surface area contributed by atoms with E-state index in [-0.39, 0.29) is 30.8 Å². The van der Waals surface area contributed by atoms with Crippen LogP contribution in [-0.2, 0) is 35.1 Å². The SMILES string of the molecule is CCC(=O)OC(C)C[C@@](N)(Cc1ccc(OC(C)=O)c(OC(C)=O)c1)C(=O)OC. The highest BCUT2D eigenvalue weighted by molar-refractivity contribution is 5.81. The fraction of sp³-hybridized carbons (Fsp3) is 0.500. The van der Waals surface area contributed by atoms with Gasteiger partial charge in [-0.1, -0.05) is 13.0 Å². The molecule has 0 radical (unpaired) electrons. The van der Waals surface area contributed by atoms with E-state index in [2.05, 4.69) is 0 Å². The summed E-state index contributed by atoms with van der Waals surface area (Å²) in [5.41, 5.74) is 5.34. The summed E-state index contributed by atoms with van der Waals surface area (Å²) in [5.74, 6) is -2.21. The maximum Gasteiger partial charge on any atom is 0.326 e. The smallest absolute Gasteiger partial charge is 0.326 e. The quantitative estimate of drug-likeness (QED) is 0.478. The van der Waals surface area contributed by atoms with Crippen molar-refractivity contribution in [2.24, 2.45) is 5.73 Å². The van der Waals surface area contributed by atoms with Crippen molar-refractivity contribution in [2.75, 3.05) is 7.11 Å². The number of hydrogen-bond donors (Lipinski definition) is 1. The first-order valence-electron chi connectivity index (χ1n) is 9.07. The van der Waals surface area contributed by atoms with Crippen LogP contribution in [0.15, 0.2) is 18.2 Å². The number of ether oxygens (including phenoxy) is 4. The van der Waals surface area contributed by atoms with Crippen LogP contribution in [0.1, 0.15) is 46.1 Å². The van der Waals surface area contributed by atoms with Crippen molar-refractivity contribution in [1.29, 1.82) is 0 Å². The molecule has 1 aromatic carbocycles. The highest BCUT2D eigenvalue weighted by atomic mass is 16.6. The minimum absolute atomic E-state index is 0.00229. The van der Waals surface area contributed by atoms with E-state index in [0.717, 1.165) is 0 Å². The largest absolute Gasteiger partial charge is 0.468 e. The summed E-state index contributed by atoms with van der Waals surface area (Å²) in [6.45, 7) is 5.71. The first kappa shape index (κ1) is 24.1. The van der Waals surface area contributed by atoms with Crippen molar-refractivity contribution in [3.63, 3.8) is 0 Å². The van der Waals surface area contributed by atoms with Crippen LogP contribution in [0.3, 0.4) is 0 Å². The molecule has 0 fully saturated rings. The maximum absolute atomic E-state index is 12.4. The second-order valence-electron chi connectivity index (χ2n) is 6.65. The third-order valence-corrected chi connectivity index (χ3v) is 3.90. The molecule has 0 saturated heterocycles. The standard InChI is InChI=1S/C20H27NO8/c1-6-18(24)27-12(2)10-20(21,19(25)26-5)11-15-7-8-16(28-13(3)22)17(9-15)29-14(4)23/h7-9,12H,6,10-11,21H2,1-5H3/t12?,20-/m1/s1. The van der Waals surface area contributed by atoms with Crippen LogP contribution < -0.4 is 15.2 Å². The maximum atomic E-state index is 12.4. The molecule has 0 aliphatic carbocycles. The summed E-state index contributed by atoms with van der Waals surface area (Å²) in [5, 5.41) is 0. The summed E-state index contributed by atoms with van der Waals surface area (Å²) in [7, 11) is 1.21. The van der Waals surface area contributed by atoms with Crippen LogP contribution in [0.2, 0.25) is 0 Å². The Bertz CT molecular complexity index is 776. The molecule has 0 spiro atoms. The normalized spacial score (nSPS) is 13.6. The lowest BCUT2D eigenvalue weighted by Crippen LogP contribution is -2.53. The summed E-state index contributed by atoms with van der Waals surface area (Å²) >= 11 is 0. The van der Waals surface area contributed by atoms with Crippen molar-refractivity contribution in [2.45, 2.75) is 58.6 Å². The number of methoxy groups -OCH3 is 1. The average molecular weight is 409 g/mol. The minimum Gasteiger partial charge on any atom is -0.468 e. The molecule has 0 bridgehead atoms. The van der Waals surface area contributed by atoms with Crippen LogP contribution in [0.25, 0.3) is 0 Å². The zero-order valence-corrected chi connectivity index (χ0v) is 17.3. The van der Waals surface area contributed by atoms with Gasteiger partial charge >= 0.3 is 23.9 Å². The summed E-state index contributed by atoms with van der Waals surface area (Å²) in [6.07, 6.45) is -0.411. The molecule has 0 aromatic heterocycles. The Balaban J connectivity index is 3.17. The third-order valence-electron chi connectivity index (χ3n) is 3.90. The highest BCUT2D eigenvalue weighted by Gasteiger charge is 2.38. The number of hydrogen-bond acceptors (Lipinski definition) is 9. The fourth-order valence-electron chi connectivity index (χ4n) is 2.79. The first-order valence-corrected chi connectivity index (χ1v) is 9.07. The number of rotatable bonds is 9. The average Bonchev–Trinajstić information content (AvgIpc) is 2.61. The van der Waals surface area contributed by atoms with E-state index in [1.807, 2.05) is 0 Å². The van der Waals surface area contributed by atoms with Crippen LogP contribution in [-0.4, -0.2) is 42.6 Å². The topological polar surface area (TPSA) is 131 Å². The van der Waals surface area contributed by atoms with Crippen molar-refractivity contribution >= 4 is 23.9 Å². The molecule has 1 unspecified atom stereocenters. The Morgan fingerprint density at radius 1 is 1.07 bits per heavy atom. The van der Waals surface area contributed by atoms with Crippen LogP contribution >= 0.6 is 0 Å². The van der Waals surface area contributed by atoms with E-state index in [9.17, 15) is 19.2 Å². The third kappa shape index (κ3) is 7.53. The molecular formula is C20H27NO8. The number of carbonyl (C=O) groups is 4. The van der Waals surface area contributed by atoms with Crippen molar-refractivity contribution in [1.82, 2.24) is 0 Å². The molecule has 2 atom stereocenters. The molecule has 0 aliphatic rings. The van der Waals surface area contributed by atoms with Gasteiger partial charge in [0.1, 0.15) is 11.6 Å². The predicted octanol–water partition coefficient (Wildman–Crippen LogP) is 1.68. The molecule has 0 heterocycles. The predicted molar refractivity (Wildman–Crippen MR) is 102 cm³/mol. The zero-order chi connectivity index (χ0) is 22.2. The van der Waals surface area contributed by atoms with Gasteiger partial charge in [0, 0.05) is 33.1 Å².